The summed E-state index contributed by atoms with van der Waals surface area (Å²) in [6.07, 6.45) is 12.2. The minimum atomic E-state index is -0.717. The molecule has 9 heteroatoms. The van der Waals surface area contributed by atoms with E-state index in [1.807, 2.05) is 72.4 Å². The molecule has 0 aliphatic carbocycles. The van der Waals surface area contributed by atoms with Gasteiger partial charge in [-0.1, -0.05) is 80.7 Å². The number of rotatable bonds is 15. The van der Waals surface area contributed by atoms with Gasteiger partial charge in [0.1, 0.15) is 15.8 Å². The third-order valence-electron chi connectivity index (χ3n) is 7.13. The monoisotopic (exact) mass is 591 g/mol. The van der Waals surface area contributed by atoms with E-state index in [4.69, 9.17) is 27.2 Å². The molecular formula is C32H37N3O4S2. The summed E-state index contributed by atoms with van der Waals surface area (Å²) in [6, 6.07) is 15.8. The summed E-state index contributed by atoms with van der Waals surface area (Å²) in [5.41, 5.74) is 4.59. The zero-order chi connectivity index (χ0) is 29.2. The van der Waals surface area contributed by atoms with E-state index in [2.05, 4.69) is 0 Å². The van der Waals surface area contributed by atoms with Crippen molar-refractivity contribution in [3.63, 3.8) is 0 Å². The van der Waals surface area contributed by atoms with E-state index in [0.29, 0.717) is 15.8 Å². The third kappa shape index (κ3) is 8.30. The fourth-order valence-electron chi connectivity index (χ4n) is 4.88. The molecule has 1 amide bonds. The highest BCUT2D eigenvalue weighted by Crippen LogP contribution is 2.36. The summed E-state index contributed by atoms with van der Waals surface area (Å²) < 4.78 is 7.83. The maximum atomic E-state index is 13.4. The first-order valence-electron chi connectivity index (χ1n) is 14.1. The molecule has 1 saturated heterocycles. The summed E-state index contributed by atoms with van der Waals surface area (Å²) in [5.74, 6) is 0.0146. The minimum Gasteiger partial charge on any atom is -0.497 e. The van der Waals surface area contributed by atoms with Gasteiger partial charge in [0.2, 0.25) is 0 Å². The number of carboxylic acids is 1. The number of aliphatic carboxylic acids is 1. The molecule has 3 aromatic rings. The molecule has 41 heavy (non-hydrogen) atoms. The number of benzene rings is 2. The molecule has 0 saturated carbocycles. The largest absolute Gasteiger partial charge is 0.497 e. The Labute approximate surface area is 251 Å². The van der Waals surface area contributed by atoms with Crippen LogP contribution in [0.4, 0.5) is 0 Å². The number of amides is 1. The Morgan fingerprint density at radius 2 is 1.71 bits per heavy atom. The fourth-order valence-corrected chi connectivity index (χ4v) is 6.18. The molecular weight excluding hydrogens is 555 g/mol. The Kier molecular flexibility index (Phi) is 11.2. The molecule has 0 unspecified atom stereocenters. The van der Waals surface area contributed by atoms with Crippen LogP contribution in [0.2, 0.25) is 0 Å². The fraction of sp³-hybridized carbons (Fsp3) is 0.375. The minimum absolute atomic E-state index is 0.0525. The van der Waals surface area contributed by atoms with Crippen LogP contribution in [0.1, 0.15) is 68.9 Å². The van der Waals surface area contributed by atoms with Crippen molar-refractivity contribution in [2.75, 3.05) is 13.7 Å². The Balaban J connectivity index is 1.41. The van der Waals surface area contributed by atoms with Crippen molar-refractivity contribution in [3.8, 4) is 22.7 Å². The van der Waals surface area contributed by atoms with Crippen LogP contribution >= 0.6 is 24.0 Å². The van der Waals surface area contributed by atoms with Crippen molar-refractivity contribution in [2.45, 2.75) is 64.7 Å². The van der Waals surface area contributed by atoms with Gasteiger partial charge in [-0.05, 0) is 61.7 Å². The second kappa shape index (κ2) is 15.0. The average molecular weight is 592 g/mol. The van der Waals surface area contributed by atoms with E-state index in [9.17, 15) is 9.59 Å². The standard InChI is InChI=1S/C32H37N3O4S2/c1-23-20-26(39-2)17-18-27(23)30-24(22-35(33-30)25-14-10-9-11-15-25)21-28-31(38)34(32(40)41-28)19-13-8-6-4-3-5-7-12-16-29(36)37/h9-11,14-15,17-18,20-22H,3-8,12-13,16,19H2,1-2H3,(H,36,37). The van der Waals surface area contributed by atoms with Gasteiger partial charge in [-0.2, -0.15) is 5.10 Å². The number of ether oxygens (including phenoxy) is 1. The van der Waals surface area contributed by atoms with Gasteiger partial charge in [0.05, 0.1) is 17.7 Å². The van der Waals surface area contributed by atoms with E-state index >= 15 is 0 Å². The number of methoxy groups -OCH3 is 1. The number of unbranched alkanes of at least 4 members (excludes halogenated alkanes) is 7. The lowest BCUT2D eigenvalue weighted by Gasteiger charge is -2.14. The Hall–Kier alpha value is -3.43. The molecule has 1 N–H and O–H groups in total. The molecule has 216 valence electrons. The number of para-hydroxylation sites is 1. The van der Waals surface area contributed by atoms with E-state index in [1.165, 1.54) is 11.8 Å². The predicted octanol–water partition coefficient (Wildman–Crippen LogP) is 7.65. The lowest BCUT2D eigenvalue weighted by Crippen LogP contribution is -2.29. The third-order valence-corrected chi connectivity index (χ3v) is 8.51. The number of carbonyl (C=O) groups is 2. The molecule has 0 bridgehead atoms. The number of carbonyl (C=O) groups excluding carboxylic acids is 1. The highest BCUT2D eigenvalue weighted by atomic mass is 32.2. The summed E-state index contributed by atoms with van der Waals surface area (Å²) in [4.78, 5) is 26.3. The van der Waals surface area contributed by atoms with Crippen LogP contribution in [0, 0.1) is 6.92 Å². The quantitative estimate of drug-likeness (QED) is 0.110. The highest BCUT2D eigenvalue weighted by molar-refractivity contribution is 8.26. The van der Waals surface area contributed by atoms with Crippen LogP contribution in [0.15, 0.2) is 59.6 Å². The van der Waals surface area contributed by atoms with Crippen LogP contribution in [-0.2, 0) is 9.59 Å². The molecule has 7 nitrogen and oxygen atoms in total. The summed E-state index contributed by atoms with van der Waals surface area (Å²) >= 11 is 6.94. The zero-order valence-corrected chi connectivity index (χ0v) is 25.3. The van der Waals surface area contributed by atoms with Gasteiger partial charge >= 0.3 is 5.97 Å². The van der Waals surface area contributed by atoms with Crippen molar-refractivity contribution >= 4 is 46.3 Å². The lowest BCUT2D eigenvalue weighted by molar-refractivity contribution is -0.137. The molecule has 1 aromatic heterocycles. The molecule has 1 aliphatic heterocycles. The van der Waals surface area contributed by atoms with Crippen molar-refractivity contribution in [2.24, 2.45) is 0 Å². The van der Waals surface area contributed by atoms with Gasteiger partial charge in [0, 0.05) is 30.3 Å². The van der Waals surface area contributed by atoms with Crippen molar-refractivity contribution in [3.05, 3.63) is 70.8 Å². The van der Waals surface area contributed by atoms with E-state index in [1.54, 1.807) is 12.0 Å². The SMILES string of the molecule is COc1ccc(-c2nn(-c3ccccc3)cc2C=C2SC(=S)N(CCCCCCCCCCC(=O)O)C2=O)c(C)c1. The number of thioether (sulfide) groups is 1. The Morgan fingerprint density at radius 1 is 1.02 bits per heavy atom. The summed E-state index contributed by atoms with van der Waals surface area (Å²) in [5, 5.41) is 13.6. The van der Waals surface area contributed by atoms with E-state index in [-0.39, 0.29) is 12.3 Å². The van der Waals surface area contributed by atoms with Crippen molar-refractivity contribution < 1.29 is 19.4 Å². The molecule has 2 heterocycles. The first-order chi connectivity index (χ1) is 19.9. The van der Waals surface area contributed by atoms with Crippen LogP contribution in [0.25, 0.3) is 23.0 Å². The Bertz CT molecular complexity index is 1400. The van der Waals surface area contributed by atoms with Crippen LogP contribution < -0.4 is 4.74 Å². The number of nitrogens with zero attached hydrogens (tertiary/aromatic N) is 3. The van der Waals surface area contributed by atoms with Crippen LogP contribution in [0.3, 0.4) is 0 Å². The van der Waals surface area contributed by atoms with Crippen molar-refractivity contribution in [1.82, 2.24) is 14.7 Å². The zero-order valence-electron chi connectivity index (χ0n) is 23.7. The highest BCUT2D eigenvalue weighted by Gasteiger charge is 2.32. The summed E-state index contributed by atoms with van der Waals surface area (Å²) in [7, 11) is 1.65. The normalized spacial score (nSPS) is 14.3. The smallest absolute Gasteiger partial charge is 0.303 e. The number of hydrogen-bond donors (Lipinski definition) is 1. The maximum Gasteiger partial charge on any atom is 0.303 e. The molecule has 0 radical (unpaired) electrons. The van der Waals surface area contributed by atoms with E-state index in [0.717, 1.165) is 85.2 Å². The number of carboxylic acid groups (broad SMARTS) is 1. The molecule has 1 aliphatic rings. The number of hydrogen-bond acceptors (Lipinski definition) is 6. The average Bonchev–Trinajstić information content (AvgIpc) is 3.50. The molecule has 4 rings (SSSR count). The molecule has 0 atom stereocenters. The van der Waals surface area contributed by atoms with Gasteiger partial charge in [0.15, 0.2) is 0 Å². The molecule has 1 fully saturated rings. The lowest BCUT2D eigenvalue weighted by atomic mass is 10.0. The van der Waals surface area contributed by atoms with Crippen LogP contribution in [0.5, 0.6) is 5.75 Å². The second-order valence-electron chi connectivity index (χ2n) is 10.2. The van der Waals surface area contributed by atoms with E-state index < -0.39 is 5.97 Å². The first-order valence-corrected chi connectivity index (χ1v) is 15.4. The predicted molar refractivity (Wildman–Crippen MR) is 169 cm³/mol. The van der Waals surface area contributed by atoms with Gasteiger partial charge in [0.25, 0.3) is 5.91 Å². The first kappa shape index (κ1) is 30.5. The van der Waals surface area contributed by atoms with Gasteiger partial charge in [-0.15, -0.1) is 0 Å². The summed E-state index contributed by atoms with van der Waals surface area (Å²) in [6.45, 7) is 2.65. The number of thiocarbonyl (C=S) groups is 1. The van der Waals surface area contributed by atoms with Crippen molar-refractivity contribution in [1.29, 1.82) is 0 Å². The number of aromatic nitrogens is 2. The van der Waals surface area contributed by atoms with Gasteiger partial charge in [-0.3, -0.25) is 14.5 Å². The van der Waals surface area contributed by atoms with Crippen LogP contribution in [-0.4, -0.2) is 49.6 Å². The number of aryl methyl sites for hydroxylation is 1. The molecule has 0 spiro atoms. The second-order valence-corrected chi connectivity index (χ2v) is 11.9. The maximum absolute atomic E-state index is 13.4. The van der Waals surface area contributed by atoms with Gasteiger partial charge in [-0.25, -0.2) is 4.68 Å². The molecule has 2 aromatic carbocycles. The topological polar surface area (TPSA) is 84.7 Å². The van der Waals surface area contributed by atoms with Gasteiger partial charge < -0.3 is 9.84 Å². The Morgan fingerprint density at radius 3 is 2.37 bits per heavy atom.